The fourth-order valence-electron chi connectivity index (χ4n) is 3.44. The molecule has 1 unspecified atom stereocenters. The molecule has 3 rings (SSSR count). The Morgan fingerprint density at radius 3 is 2.63 bits per heavy atom. The largest absolute Gasteiger partial charge is 0.299 e. The molecule has 106 valence electrons. The molecule has 2 saturated heterocycles. The van der Waals surface area contributed by atoms with Crippen LogP contribution in [0, 0.1) is 6.92 Å². The summed E-state index contributed by atoms with van der Waals surface area (Å²) in [6.45, 7) is 7.96. The fraction of sp³-hybridized carbons (Fsp3) is 0.786. The maximum atomic E-state index is 6.32. The van der Waals surface area contributed by atoms with E-state index in [0.29, 0.717) is 0 Å². The molecule has 3 heterocycles. The van der Waals surface area contributed by atoms with Gasteiger partial charge in [0.05, 0.1) is 5.69 Å². The normalized spacial score (nSPS) is 25.5. The fourth-order valence-corrected chi connectivity index (χ4v) is 3.67. The highest BCUT2D eigenvalue weighted by Gasteiger charge is 2.30. The van der Waals surface area contributed by atoms with Gasteiger partial charge < -0.3 is 0 Å². The lowest BCUT2D eigenvalue weighted by molar-refractivity contribution is 0.230. The minimum absolute atomic E-state index is 0.762. The number of nitrogens with zero attached hydrogens (tertiary/aromatic N) is 4. The zero-order chi connectivity index (χ0) is 13.4. The zero-order valence-corrected chi connectivity index (χ0v) is 12.7. The molecular formula is C14H23ClN4. The quantitative estimate of drug-likeness (QED) is 0.848. The van der Waals surface area contributed by atoms with Crippen molar-refractivity contribution < 1.29 is 0 Å². The third-order valence-electron chi connectivity index (χ3n) is 4.56. The molecule has 0 amide bonds. The first-order valence-electron chi connectivity index (χ1n) is 7.29. The van der Waals surface area contributed by atoms with Gasteiger partial charge in [0.25, 0.3) is 0 Å². The summed E-state index contributed by atoms with van der Waals surface area (Å²) >= 11 is 6.32. The standard InChI is InChI=1S/C14H23ClN4/c1-11-13(14(15)17(2)16-11)10-18-8-5-12(9-18)19-6-3-4-7-19/h12H,3-10H2,1-2H3. The van der Waals surface area contributed by atoms with E-state index in [2.05, 4.69) is 21.8 Å². The van der Waals surface area contributed by atoms with Crippen LogP contribution in [0.5, 0.6) is 0 Å². The summed E-state index contributed by atoms with van der Waals surface area (Å²) in [5.74, 6) is 0. The van der Waals surface area contributed by atoms with E-state index in [9.17, 15) is 0 Å². The van der Waals surface area contributed by atoms with E-state index in [4.69, 9.17) is 11.6 Å². The summed E-state index contributed by atoms with van der Waals surface area (Å²) < 4.78 is 1.78. The number of likely N-dealkylation sites (tertiary alicyclic amines) is 2. The van der Waals surface area contributed by atoms with Gasteiger partial charge in [0.2, 0.25) is 0 Å². The van der Waals surface area contributed by atoms with Gasteiger partial charge in [-0.05, 0) is 39.3 Å². The molecule has 0 aromatic carbocycles. The maximum Gasteiger partial charge on any atom is 0.131 e. The molecule has 2 aliphatic rings. The second-order valence-corrected chi connectivity index (χ2v) is 6.26. The van der Waals surface area contributed by atoms with Crippen molar-refractivity contribution in [2.24, 2.45) is 7.05 Å². The first-order valence-corrected chi connectivity index (χ1v) is 7.67. The van der Waals surface area contributed by atoms with Crippen molar-refractivity contribution in [1.29, 1.82) is 0 Å². The van der Waals surface area contributed by atoms with E-state index in [1.54, 1.807) is 4.68 Å². The average molecular weight is 283 g/mol. The van der Waals surface area contributed by atoms with Gasteiger partial charge in [-0.1, -0.05) is 11.6 Å². The molecule has 0 spiro atoms. The monoisotopic (exact) mass is 282 g/mol. The van der Waals surface area contributed by atoms with Crippen LogP contribution in [0.2, 0.25) is 5.15 Å². The van der Waals surface area contributed by atoms with E-state index in [1.807, 2.05) is 7.05 Å². The van der Waals surface area contributed by atoms with E-state index in [0.717, 1.165) is 23.4 Å². The molecular weight excluding hydrogens is 260 g/mol. The van der Waals surface area contributed by atoms with Crippen LogP contribution in [0.15, 0.2) is 0 Å². The summed E-state index contributed by atoms with van der Waals surface area (Å²) in [5, 5.41) is 5.19. The van der Waals surface area contributed by atoms with Gasteiger partial charge in [-0.3, -0.25) is 14.5 Å². The molecule has 0 N–H and O–H groups in total. The van der Waals surface area contributed by atoms with Crippen molar-refractivity contribution in [1.82, 2.24) is 19.6 Å². The van der Waals surface area contributed by atoms with Gasteiger partial charge in [0.15, 0.2) is 0 Å². The predicted octanol–water partition coefficient (Wildman–Crippen LogP) is 2.05. The van der Waals surface area contributed by atoms with Crippen molar-refractivity contribution >= 4 is 11.6 Å². The lowest BCUT2D eigenvalue weighted by Gasteiger charge is -2.23. The molecule has 1 aromatic rings. The summed E-state index contributed by atoms with van der Waals surface area (Å²) in [7, 11) is 1.91. The van der Waals surface area contributed by atoms with Gasteiger partial charge >= 0.3 is 0 Å². The molecule has 19 heavy (non-hydrogen) atoms. The molecule has 2 aliphatic heterocycles. The van der Waals surface area contributed by atoms with Crippen molar-refractivity contribution in [2.75, 3.05) is 26.2 Å². The number of aromatic nitrogens is 2. The molecule has 1 aromatic heterocycles. The number of rotatable bonds is 3. The van der Waals surface area contributed by atoms with Crippen molar-refractivity contribution in [3.8, 4) is 0 Å². The van der Waals surface area contributed by atoms with E-state index < -0.39 is 0 Å². The highest BCUT2D eigenvalue weighted by atomic mass is 35.5. The van der Waals surface area contributed by atoms with Crippen LogP contribution in [0.3, 0.4) is 0 Å². The Bertz CT molecular complexity index is 451. The molecule has 0 saturated carbocycles. The summed E-state index contributed by atoms with van der Waals surface area (Å²) in [6, 6.07) is 0.762. The Balaban J connectivity index is 1.62. The lowest BCUT2D eigenvalue weighted by Crippen LogP contribution is -2.35. The Labute approximate surface area is 120 Å². The van der Waals surface area contributed by atoms with Gasteiger partial charge in [0, 0.05) is 38.3 Å². The Morgan fingerprint density at radius 2 is 2.00 bits per heavy atom. The zero-order valence-electron chi connectivity index (χ0n) is 11.9. The number of hydrogen-bond donors (Lipinski definition) is 0. The van der Waals surface area contributed by atoms with Crippen LogP contribution in [-0.2, 0) is 13.6 Å². The molecule has 0 bridgehead atoms. The topological polar surface area (TPSA) is 24.3 Å². The molecule has 1 atom stereocenters. The minimum Gasteiger partial charge on any atom is -0.299 e. The van der Waals surface area contributed by atoms with Crippen LogP contribution >= 0.6 is 11.6 Å². The first kappa shape index (κ1) is 13.4. The van der Waals surface area contributed by atoms with Crippen molar-refractivity contribution in [3.63, 3.8) is 0 Å². The van der Waals surface area contributed by atoms with Gasteiger partial charge in [-0.25, -0.2) is 0 Å². The van der Waals surface area contributed by atoms with Crippen LogP contribution in [0.4, 0.5) is 0 Å². The van der Waals surface area contributed by atoms with Gasteiger partial charge in [0.1, 0.15) is 5.15 Å². The third-order valence-corrected chi connectivity index (χ3v) is 5.03. The summed E-state index contributed by atoms with van der Waals surface area (Å²) in [6.07, 6.45) is 4.06. The minimum atomic E-state index is 0.762. The Hall–Kier alpha value is -0.580. The first-order chi connectivity index (χ1) is 9.15. The third kappa shape index (κ3) is 2.67. The lowest BCUT2D eigenvalue weighted by atomic mass is 10.2. The molecule has 0 radical (unpaired) electrons. The Kier molecular flexibility index (Phi) is 3.83. The molecule has 5 heteroatoms. The maximum absolute atomic E-state index is 6.32. The highest BCUT2D eigenvalue weighted by molar-refractivity contribution is 6.30. The SMILES string of the molecule is Cc1nn(C)c(Cl)c1CN1CCC(N2CCCC2)C1. The smallest absolute Gasteiger partial charge is 0.131 e. The predicted molar refractivity (Wildman–Crippen MR) is 77.4 cm³/mol. The van der Waals surface area contributed by atoms with Crippen molar-refractivity contribution in [3.05, 3.63) is 16.4 Å². The van der Waals surface area contributed by atoms with Crippen LogP contribution < -0.4 is 0 Å². The molecule has 2 fully saturated rings. The average Bonchev–Trinajstić information content (AvgIpc) is 3.08. The van der Waals surface area contributed by atoms with Crippen LogP contribution in [-0.4, -0.2) is 51.8 Å². The number of hydrogen-bond acceptors (Lipinski definition) is 3. The second kappa shape index (κ2) is 5.43. The van der Waals surface area contributed by atoms with Crippen LogP contribution in [0.1, 0.15) is 30.5 Å². The van der Waals surface area contributed by atoms with Gasteiger partial charge in [-0.2, -0.15) is 5.10 Å². The van der Waals surface area contributed by atoms with Crippen molar-refractivity contribution in [2.45, 2.75) is 38.8 Å². The molecule has 4 nitrogen and oxygen atoms in total. The molecule has 0 aliphatic carbocycles. The second-order valence-electron chi connectivity index (χ2n) is 5.90. The van der Waals surface area contributed by atoms with E-state index >= 15 is 0 Å². The van der Waals surface area contributed by atoms with E-state index in [1.165, 1.54) is 51.0 Å². The number of aryl methyl sites for hydroxylation is 2. The summed E-state index contributed by atoms with van der Waals surface area (Å²) in [5.41, 5.74) is 2.27. The van der Waals surface area contributed by atoms with E-state index in [-0.39, 0.29) is 0 Å². The van der Waals surface area contributed by atoms with Gasteiger partial charge in [-0.15, -0.1) is 0 Å². The summed E-state index contributed by atoms with van der Waals surface area (Å²) in [4.78, 5) is 5.19. The van der Waals surface area contributed by atoms with Crippen LogP contribution in [0.25, 0.3) is 0 Å². The Morgan fingerprint density at radius 1 is 1.26 bits per heavy atom. The highest BCUT2D eigenvalue weighted by Crippen LogP contribution is 2.25. The number of halogens is 1.